The van der Waals surface area contributed by atoms with Gasteiger partial charge in [0, 0.05) is 29.6 Å². The van der Waals surface area contributed by atoms with E-state index in [4.69, 9.17) is 9.47 Å². The van der Waals surface area contributed by atoms with Crippen molar-refractivity contribution in [1.29, 1.82) is 0 Å². The van der Waals surface area contributed by atoms with Crippen LogP contribution in [-0.4, -0.2) is 29.6 Å². The van der Waals surface area contributed by atoms with E-state index in [2.05, 4.69) is 20.8 Å². The zero-order valence-electron chi connectivity index (χ0n) is 16.0. The van der Waals surface area contributed by atoms with Gasteiger partial charge in [-0.15, -0.1) is 0 Å². The lowest BCUT2D eigenvalue weighted by Gasteiger charge is -2.56. The molecule has 0 radical (unpaired) electrons. The van der Waals surface area contributed by atoms with Crippen LogP contribution in [0.2, 0.25) is 0 Å². The van der Waals surface area contributed by atoms with Gasteiger partial charge in [0.25, 0.3) is 6.47 Å². The average Bonchev–Trinajstić information content (AvgIpc) is 3.47. The zero-order valence-corrected chi connectivity index (χ0v) is 16.0. The number of rotatable bonds is 2. The third-order valence-electron chi connectivity index (χ3n) is 9.92. The van der Waals surface area contributed by atoms with Crippen LogP contribution in [0.25, 0.3) is 0 Å². The number of hydrogen-bond donors (Lipinski definition) is 0. The minimum Gasteiger partial charge on any atom is -0.461 e. The Morgan fingerprint density at radius 1 is 1.23 bits per heavy atom. The molecule has 6 rings (SSSR count). The number of ether oxygens (including phenoxy) is 2. The number of carbonyl (C=O) groups is 2. The average molecular weight is 356 g/mol. The van der Waals surface area contributed by atoms with Crippen molar-refractivity contribution >= 4 is 12.3 Å². The number of ketones is 1. The molecular formula is C22H28O4. The minimum absolute atomic E-state index is 0.00467. The van der Waals surface area contributed by atoms with Crippen molar-refractivity contribution in [2.45, 2.75) is 83.0 Å². The lowest BCUT2D eigenvalue weighted by Crippen LogP contribution is -2.60. The summed E-state index contributed by atoms with van der Waals surface area (Å²) in [5.74, 6) is 2.11. The normalized spacial score (nSPS) is 58.8. The summed E-state index contributed by atoms with van der Waals surface area (Å²) in [7, 11) is 0. The highest BCUT2D eigenvalue weighted by molar-refractivity contribution is 5.84. The third kappa shape index (κ3) is 1.44. The largest absolute Gasteiger partial charge is 0.461 e. The van der Waals surface area contributed by atoms with Crippen molar-refractivity contribution in [2.75, 3.05) is 0 Å². The smallest absolute Gasteiger partial charge is 0.293 e. The highest BCUT2D eigenvalue weighted by Crippen LogP contribution is 2.81. The molecule has 8 atom stereocenters. The maximum absolute atomic E-state index is 12.2. The fourth-order valence-corrected chi connectivity index (χ4v) is 8.26. The van der Waals surface area contributed by atoms with E-state index in [1.807, 2.05) is 0 Å². The van der Waals surface area contributed by atoms with E-state index in [9.17, 15) is 9.59 Å². The Bertz CT molecular complexity index is 785. The van der Waals surface area contributed by atoms with Gasteiger partial charge in [-0.05, 0) is 50.9 Å². The van der Waals surface area contributed by atoms with Crippen LogP contribution in [0.5, 0.6) is 0 Å². The SMILES string of the molecule is C[C@]12CCC(=O)CC1=C1C[C@@H]1[C@H]1[C@@H]3CC[C@](C)(OC=O)[C@@]3(C)C[C@H]3OC132. The molecule has 6 aliphatic rings. The molecule has 0 N–H and O–H groups in total. The highest BCUT2D eigenvalue weighted by atomic mass is 16.6. The summed E-state index contributed by atoms with van der Waals surface area (Å²) in [6.07, 6.45) is 6.82. The van der Waals surface area contributed by atoms with Gasteiger partial charge in [0.2, 0.25) is 0 Å². The van der Waals surface area contributed by atoms with Gasteiger partial charge in [0.05, 0.1) is 6.10 Å². The van der Waals surface area contributed by atoms with Crippen LogP contribution in [0.3, 0.4) is 0 Å². The molecule has 1 heterocycles. The van der Waals surface area contributed by atoms with E-state index in [1.54, 1.807) is 5.57 Å². The Morgan fingerprint density at radius 2 is 2.04 bits per heavy atom. The molecule has 0 aromatic carbocycles. The van der Waals surface area contributed by atoms with Crippen molar-refractivity contribution in [2.24, 2.45) is 28.6 Å². The molecule has 4 heteroatoms. The summed E-state index contributed by atoms with van der Waals surface area (Å²) < 4.78 is 12.4. The summed E-state index contributed by atoms with van der Waals surface area (Å²) in [5, 5.41) is 0. The topological polar surface area (TPSA) is 55.9 Å². The molecule has 4 saturated carbocycles. The van der Waals surface area contributed by atoms with Crippen molar-refractivity contribution in [1.82, 2.24) is 0 Å². The van der Waals surface area contributed by atoms with Crippen LogP contribution < -0.4 is 0 Å². The Hall–Kier alpha value is -1.16. The lowest BCUT2D eigenvalue weighted by atomic mass is 9.46. The van der Waals surface area contributed by atoms with E-state index >= 15 is 0 Å². The van der Waals surface area contributed by atoms with E-state index in [0.29, 0.717) is 42.9 Å². The third-order valence-corrected chi connectivity index (χ3v) is 9.92. The number of hydrogen-bond acceptors (Lipinski definition) is 4. The van der Waals surface area contributed by atoms with Gasteiger partial charge >= 0.3 is 0 Å². The summed E-state index contributed by atoms with van der Waals surface area (Å²) in [5.41, 5.74) is 2.65. The molecule has 26 heavy (non-hydrogen) atoms. The van der Waals surface area contributed by atoms with E-state index < -0.39 is 0 Å². The molecular weight excluding hydrogens is 328 g/mol. The predicted molar refractivity (Wildman–Crippen MR) is 94.2 cm³/mol. The molecule has 5 aliphatic carbocycles. The number of carbonyl (C=O) groups excluding carboxylic acids is 2. The number of allylic oxidation sites excluding steroid dienone is 1. The molecule has 1 saturated heterocycles. The highest BCUT2D eigenvalue weighted by Gasteiger charge is 2.83. The van der Waals surface area contributed by atoms with Gasteiger partial charge in [-0.1, -0.05) is 25.0 Å². The van der Waals surface area contributed by atoms with Gasteiger partial charge in [-0.2, -0.15) is 0 Å². The van der Waals surface area contributed by atoms with E-state index in [1.165, 1.54) is 12.0 Å². The van der Waals surface area contributed by atoms with Gasteiger partial charge in [0.15, 0.2) is 0 Å². The number of fused-ring (bicyclic) bond motifs is 5. The quantitative estimate of drug-likeness (QED) is 0.431. The molecule has 4 nitrogen and oxygen atoms in total. The molecule has 5 fully saturated rings. The van der Waals surface area contributed by atoms with Crippen molar-refractivity contribution in [3.63, 3.8) is 0 Å². The maximum atomic E-state index is 12.2. The van der Waals surface area contributed by atoms with Crippen LogP contribution in [0, 0.1) is 28.6 Å². The molecule has 1 aliphatic heterocycles. The Balaban J connectivity index is 1.48. The van der Waals surface area contributed by atoms with Gasteiger partial charge in [-0.3, -0.25) is 9.59 Å². The number of epoxide rings is 1. The van der Waals surface area contributed by atoms with E-state index in [-0.39, 0.29) is 28.1 Å². The molecule has 0 aromatic rings. The van der Waals surface area contributed by atoms with Crippen LogP contribution in [0.15, 0.2) is 11.1 Å². The second-order valence-corrected chi connectivity index (χ2v) is 10.5. The molecule has 0 bridgehead atoms. The van der Waals surface area contributed by atoms with Crippen LogP contribution >= 0.6 is 0 Å². The van der Waals surface area contributed by atoms with Gasteiger partial charge in [0.1, 0.15) is 17.0 Å². The van der Waals surface area contributed by atoms with Crippen molar-refractivity contribution in [3.8, 4) is 0 Å². The standard InChI is InChI=1S/C22H28O4/c1-19-6-4-12(24)8-16(19)13-9-14(13)18-15-5-7-21(3,25-11-23)20(15,2)10-17-22(18,19)26-17/h11,14-15,17-18H,4-10H2,1-3H3/t14-,15-,17+,18-,19-,20-,21-,22?/m0/s1. The second kappa shape index (κ2) is 4.29. The minimum atomic E-state index is -0.375. The number of Topliss-reactive ketones (excluding diaryl/α,β-unsaturated/α-hetero) is 1. The first-order valence-electron chi connectivity index (χ1n) is 10.3. The first-order chi connectivity index (χ1) is 12.3. The molecule has 1 spiro atoms. The first kappa shape index (κ1) is 15.9. The molecule has 1 unspecified atom stereocenters. The maximum Gasteiger partial charge on any atom is 0.293 e. The zero-order chi connectivity index (χ0) is 18.1. The first-order valence-corrected chi connectivity index (χ1v) is 10.3. The van der Waals surface area contributed by atoms with Crippen molar-refractivity contribution in [3.05, 3.63) is 11.1 Å². The Morgan fingerprint density at radius 3 is 2.81 bits per heavy atom. The summed E-state index contributed by atoms with van der Waals surface area (Å²) >= 11 is 0. The summed E-state index contributed by atoms with van der Waals surface area (Å²) in [6, 6.07) is 0. The Labute approximate surface area is 154 Å². The summed E-state index contributed by atoms with van der Waals surface area (Å²) in [6.45, 7) is 7.52. The lowest BCUT2D eigenvalue weighted by molar-refractivity contribution is -0.161. The van der Waals surface area contributed by atoms with E-state index in [0.717, 1.165) is 25.7 Å². The van der Waals surface area contributed by atoms with Crippen LogP contribution in [0.1, 0.15) is 65.7 Å². The second-order valence-electron chi connectivity index (χ2n) is 10.5. The molecule has 0 aromatic heterocycles. The fraction of sp³-hybridized carbons (Fsp3) is 0.818. The summed E-state index contributed by atoms with van der Waals surface area (Å²) in [4.78, 5) is 23.4. The molecule has 140 valence electrons. The van der Waals surface area contributed by atoms with Crippen LogP contribution in [-0.2, 0) is 19.1 Å². The van der Waals surface area contributed by atoms with Gasteiger partial charge < -0.3 is 9.47 Å². The van der Waals surface area contributed by atoms with Gasteiger partial charge in [-0.25, -0.2) is 0 Å². The predicted octanol–water partition coefficient (Wildman–Crippen LogP) is 3.58. The monoisotopic (exact) mass is 356 g/mol. The Kier molecular flexibility index (Phi) is 2.62. The molecule has 0 amide bonds. The van der Waals surface area contributed by atoms with Crippen LogP contribution in [0.4, 0.5) is 0 Å². The van der Waals surface area contributed by atoms with Crippen molar-refractivity contribution < 1.29 is 19.1 Å². The fourth-order valence-electron chi connectivity index (χ4n) is 8.26.